The summed E-state index contributed by atoms with van der Waals surface area (Å²) in [6, 6.07) is 7.24. The number of primary amides is 1. The second kappa shape index (κ2) is 4.44. The van der Waals surface area contributed by atoms with E-state index in [2.05, 4.69) is 11.1 Å². The lowest BCUT2D eigenvalue weighted by atomic mass is 10.2. The Bertz CT molecular complexity index is 626. The standard InChI is InChI=1S/C11H9ClN4O/c12-4-10-15-11-7(5-13)2-1-3-8(11)16(10)6-9(14)17/h1-3H,4,6H2,(H2,14,17). The summed E-state index contributed by atoms with van der Waals surface area (Å²) in [5.41, 5.74) is 6.87. The van der Waals surface area contributed by atoms with Crippen LogP contribution in [0.15, 0.2) is 18.2 Å². The molecule has 0 radical (unpaired) electrons. The van der Waals surface area contributed by atoms with Crippen molar-refractivity contribution >= 4 is 28.5 Å². The van der Waals surface area contributed by atoms with Gasteiger partial charge >= 0.3 is 0 Å². The molecule has 0 atom stereocenters. The zero-order valence-corrected chi connectivity index (χ0v) is 9.61. The molecule has 0 aliphatic rings. The first-order chi connectivity index (χ1) is 8.17. The fraction of sp³-hybridized carbons (Fsp3) is 0.182. The average molecular weight is 249 g/mol. The van der Waals surface area contributed by atoms with Crippen molar-refractivity contribution in [3.05, 3.63) is 29.6 Å². The Hall–Kier alpha value is -2.06. The summed E-state index contributed by atoms with van der Waals surface area (Å²) in [5, 5.41) is 8.97. The molecule has 0 unspecified atom stereocenters. The smallest absolute Gasteiger partial charge is 0.237 e. The first kappa shape index (κ1) is 11.4. The molecule has 0 saturated heterocycles. The van der Waals surface area contributed by atoms with Gasteiger partial charge in [0, 0.05) is 0 Å². The number of halogens is 1. The van der Waals surface area contributed by atoms with Gasteiger partial charge in [0.25, 0.3) is 0 Å². The van der Waals surface area contributed by atoms with E-state index in [-0.39, 0.29) is 12.4 Å². The van der Waals surface area contributed by atoms with Gasteiger partial charge in [-0.3, -0.25) is 4.79 Å². The molecule has 0 aliphatic carbocycles. The molecule has 0 spiro atoms. The highest BCUT2D eigenvalue weighted by molar-refractivity contribution is 6.17. The fourth-order valence-electron chi connectivity index (χ4n) is 1.72. The zero-order chi connectivity index (χ0) is 12.4. The Morgan fingerprint density at radius 1 is 1.59 bits per heavy atom. The van der Waals surface area contributed by atoms with Crippen LogP contribution in [0, 0.1) is 11.3 Å². The van der Waals surface area contributed by atoms with Crippen molar-refractivity contribution in [1.29, 1.82) is 5.26 Å². The maximum Gasteiger partial charge on any atom is 0.237 e. The highest BCUT2D eigenvalue weighted by atomic mass is 35.5. The van der Waals surface area contributed by atoms with Crippen molar-refractivity contribution in [2.75, 3.05) is 0 Å². The number of carbonyl (C=O) groups excluding carboxylic acids is 1. The van der Waals surface area contributed by atoms with Crippen LogP contribution in [0.2, 0.25) is 0 Å². The number of para-hydroxylation sites is 1. The Morgan fingerprint density at radius 2 is 2.35 bits per heavy atom. The van der Waals surface area contributed by atoms with Crippen molar-refractivity contribution < 1.29 is 4.79 Å². The molecule has 0 bridgehead atoms. The van der Waals surface area contributed by atoms with Gasteiger partial charge in [-0.25, -0.2) is 4.98 Å². The summed E-state index contributed by atoms with van der Waals surface area (Å²) < 4.78 is 1.63. The van der Waals surface area contributed by atoms with E-state index in [1.165, 1.54) is 0 Å². The first-order valence-corrected chi connectivity index (χ1v) is 5.43. The molecule has 6 heteroatoms. The number of rotatable bonds is 3. The molecule has 0 fully saturated rings. The average Bonchev–Trinajstić information content (AvgIpc) is 2.66. The molecule has 2 rings (SSSR count). The van der Waals surface area contributed by atoms with E-state index in [4.69, 9.17) is 22.6 Å². The quantitative estimate of drug-likeness (QED) is 0.827. The number of benzene rings is 1. The molecule has 0 aliphatic heterocycles. The van der Waals surface area contributed by atoms with Gasteiger partial charge in [-0.15, -0.1) is 11.6 Å². The Balaban J connectivity index is 2.72. The third kappa shape index (κ3) is 1.95. The number of alkyl halides is 1. The van der Waals surface area contributed by atoms with E-state index in [9.17, 15) is 4.79 Å². The molecular weight excluding hydrogens is 240 g/mol. The van der Waals surface area contributed by atoms with Crippen molar-refractivity contribution in [3.63, 3.8) is 0 Å². The normalized spacial score (nSPS) is 10.4. The lowest BCUT2D eigenvalue weighted by Gasteiger charge is -2.03. The Labute approximate surface area is 102 Å². The van der Waals surface area contributed by atoms with Gasteiger partial charge in [0.05, 0.1) is 17.0 Å². The van der Waals surface area contributed by atoms with E-state index >= 15 is 0 Å². The molecule has 0 saturated carbocycles. The van der Waals surface area contributed by atoms with Crippen molar-refractivity contribution in [2.45, 2.75) is 12.4 Å². The number of nitrogens with two attached hydrogens (primary N) is 1. The van der Waals surface area contributed by atoms with Crippen LogP contribution in [0.25, 0.3) is 11.0 Å². The van der Waals surface area contributed by atoms with Gasteiger partial charge in [-0.05, 0) is 12.1 Å². The van der Waals surface area contributed by atoms with E-state index in [0.717, 1.165) is 0 Å². The molecule has 1 aromatic heterocycles. The maximum atomic E-state index is 11.0. The van der Waals surface area contributed by atoms with Crippen molar-refractivity contribution in [2.24, 2.45) is 5.73 Å². The predicted molar refractivity (Wildman–Crippen MR) is 63.2 cm³/mol. The van der Waals surface area contributed by atoms with Gasteiger partial charge in [0.15, 0.2) is 0 Å². The molecule has 2 aromatic rings. The second-order valence-electron chi connectivity index (χ2n) is 3.50. The number of hydrogen-bond donors (Lipinski definition) is 1. The Morgan fingerprint density at radius 3 is 2.94 bits per heavy atom. The van der Waals surface area contributed by atoms with Gasteiger partial charge in [-0.2, -0.15) is 5.26 Å². The molecule has 1 aromatic carbocycles. The second-order valence-corrected chi connectivity index (χ2v) is 3.77. The summed E-state index contributed by atoms with van der Waals surface area (Å²) in [4.78, 5) is 15.3. The fourth-order valence-corrected chi connectivity index (χ4v) is 1.92. The maximum absolute atomic E-state index is 11.0. The summed E-state index contributed by atoms with van der Waals surface area (Å²) in [6.45, 7) is 0.00738. The van der Waals surface area contributed by atoms with Crippen LogP contribution in [0.1, 0.15) is 11.4 Å². The predicted octanol–water partition coefficient (Wildman–Crippen LogP) is 1.13. The van der Waals surface area contributed by atoms with Crippen LogP contribution < -0.4 is 5.73 Å². The third-order valence-electron chi connectivity index (χ3n) is 2.41. The zero-order valence-electron chi connectivity index (χ0n) is 8.85. The topological polar surface area (TPSA) is 84.7 Å². The molecule has 2 N–H and O–H groups in total. The third-order valence-corrected chi connectivity index (χ3v) is 2.65. The molecular formula is C11H9ClN4O. The summed E-state index contributed by atoms with van der Waals surface area (Å²) in [5.74, 6) is 0.216. The monoisotopic (exact) mass is 248 g/mol. The molecule has 1 amide bonds. The highest BCUT2D eigenvalue weighted by Crippen LogP contribution is 2.20. The van der Waals surface area contributed by atoms with E-state index in [1.54, 1.807) is 22.8 Å². The van der Waals surface area contributed by atoms with Crippen LogP contribution in [0.4, 0.5) is 0 Å². The number of amides is 1. The van der Waals surface area contributed by atoms with Crippen LogP contribution in [-0.4, -0.2) is 15.5 Å². The summed E-state index contributed by atoms with van der Waals surface area (Å²) >= 11 is 5.76. The van der Waals surface area contributed by atoms with Gasteiger partial charge in [-0.1, -0.05) is 6.07 Å². The summed E-state index contributed by atoms with van der Waals surface area (Å²) in [6.07, 6.45) is 0. The number of hydrogen-bond acceptors (Lipinski definition) is 3. The molecule has 17 heavy (non-hydrogen) atoms. The molecule has 5 nitrogen and oxygen atoms in total. The van der Waals surface area contributed by atoms with Crippen LogP contribution in [0.3, 0.4) is 0 Å². The van der Waals surface area contributed by atoms with Gasteiger partial charge < -0.3 is 10.3 Å². The largest absolute Gasteiger partial charge is 0.368 e. The van der Waals surface area contributed by atoms with Gasteiger partial charge in [0.1, 0.15) is 24.0 Å². The number of aromatic nitrogens is 2. The SMILES string of the molecule is N#Cc1cccc2c1nc(CCl)n2CC(N)=O. The molecule has 86 valence electrons. The highest BCUT2D eigenvalue weighted by Gasteiger charge is 2.13. The minimum atomic E-state index is -0.474. The van der Waals surface area contributed by atoms with E-state index in [0.29, 0.717) is 22.4 Å². The Kier molecular flexibility index (Phi) is 2.98. The number of fused-ring (bicyclic) bond motifs is 1. The number of nitriles is 1. The minimum Gasteiger partial charge on any atom is -0.368 e. The lowest BCUT2D eigenvalue weighted by Crippen LogP contribution is -2.19. The van der Waals surface area contributed by atoms with Crippen LogP contribution >= 0.6 is 11.6 Å². The van der Waals surface area contributed by atoms with Crippen molar-refractivity contribution in [1.82, 2.24) is 9.55 Å². The first-order valence-electron chi connectivity index (χ1n) is 4.90. The molecule has 1 heterocycles. The number of carbonyl (C=O) groups is 1. The minimum absolute atomic E-state index is 0.00738. The summed E-state index contributed by atoms with van der Waals surface area (Å²) in [7, 11) is 0. The number of nitrogens with zero attached hydrogens (tertiary/aromatic N) is 3. The van der Waals surface area contributed by atoms with Crippen LogP contribution in [0.5, 0.6) is 0 Å². The number of imidazole rings is 1. The lowest BCUT2D eigenvalue weighted by molar-refractivity contribution is -0.118. The van der Waals surface area contributed by atoms with E-state index in [1.807, 2.05) is 0 Å². The van der Waals surface area contributed by atoms with E-state index < -0.39 is 5.91 Å². The van der Waals surface area contributed by atoms with Gasteiger partial charge in [0.2, 0.25) is 5.91 Å². The van der Waals surface area contributed by atoms with Crippen molar-refractivity contribution in [3.8, 4) is 6.07 Å². The van der Waals surface area contributed by atoms with Crippen LogP contribution in [-0.2, 0) is 17.2 Å².